The smallest absolute Gasteiger partial charge is 0.315 e. The van der Waals surface area contributed by atoms with Gasteiger partial charge in [-0.3, -0.25) is 9.59 Å². The van der Waals surface area contributed by atoms with Crippen LogP contribution in [0.2, 0.25) is 0 Å². The zero-order chi connectivity index (χ0) is 14.7. The third-order valence-corrected chi connectivity index (χ3v) is 4.74. The van der Waals surface area contributed by atoms with Gasteiger partial charge in [0.2, 0.25) is 5.91 Å². The van der Waals surface area contributed by atoms with Crippen molar-refractivity contribution >= 4 is 23.6 Å². The number of hydrogen-bond donors (Lipinski definition) is 0. The maximum absolute atomic E-state index is 12.1. The fourth-order valence-electron chi connectivity index (χ4n) is 2.37. The van der Waals surface area contributed by atoms with Gasteiger partial charge in [-0.2, -0.15) is 0 Å². The van der Waals surface area contributed by atoms with Gasteiger partial charge in [0.1, 0.15) is 5.25 Å². The molecule has 1 saturated heterocycles. The number of amides is 1. The zero-order valence-electron chi connectivity index (χ0n) is 12.0. The first kappa shape index (κ1) is 14.9. The van der Waals surface area contributed by atoms with E-state index in [0.717, 1.165) is 5.56 Å². The first-order valence-electron chi connectivity index (χ1n) is 6.64. The molecular formula is C15H19NO3S. The molecule has 4 nitrogen and oxygen atoms in total. The fourth-order valence-corrected chi connectivity index (χ4v) is 3.56. The van der Waals surface area contributed by atoms with E-state index in [0.29, 0.717) is 6.54 Å². The van der Waals surface area contributed by atoms with Crippen LogP contribution in [0.15, 0.2) is 24.3 Å². The average molecular weight is 293 g/mol. The number of ether oxygens (including phenoxy) is 1. The Bertz CT molecular complexity index is 500. The molecule has 0 aromatic heterocycles. The van der Waals surface area contributed by atoms with Crippen molar-refractivity contribution in [2.75, 3.05) is 19.4 Å². The largest absolute Gasteiger partial charge is 0.468 e. The topological polar surface area (TPSA) is 46.6 Å². The zero-order valence-corrected chi connectivity index (χ0v) is 12.8. The van der Waals surface area contributed by atoms with Crippen LogP contribution in [0, 0.1) is 6.92 Å². The molecule has 0 N–H and O–H groups in total. The predicted octanol–water partition coefficient (Wildman–Crippen LogP) is 2.17. The molecule has 0 aliphatic carbocycles. The molecule has 0 saturated carbocycles. The van der Waals surface area contributed by atoms with Crippen molar-refractivity contribution in [2.24, 2.45) is 0 Å². The summed E-state index contributed by atoms with van der Waals surface area (Å²) in [6, 6.07) is 8.27. The van der Waals surface area contributed by atoms with Gasteiger partial charge in [-0.1, -0.05) is 29.8 Å². The summed E-state index contributed by atoms with van der Waals surface area (Å²) in [5.41, 5.74) is 2.32. The van der Waals surface area contributed by atoms with Gasteiger partial charge in [0.25, 0.3) is 0 Å². The number of carbonyl (C=O) groups excluding carboxylic acids is 2. The second kappa shape index (κ2) is 6.31. The number of aryl methyl sites for hydroxylation is 1. The number of thioether (sulfide) groups is 1. The molecule has 0 radical (unpaired) electrons. The summed E-state index contributed by atoms with van der Waals surface area (Å²) >= 11 is 1.36. The van der Waals surface area contributed by atoms with E-state index in [1.807, 2.05) is 30.9 Å². The van der Waals surface area contributed by atoms with Gasteiger partial charge < -0.3 is 9.64 Å². The number of β-lactam (4-membered cyclic amide) rings is 1. The van der Waals surface area contributed by atoms with Crippen molar-refractivity contribution in [1.82, 2.24) is 4.90 Å². The molecule has 1 aliphatic heterocycles. The third-order valence-electron chi connectivity index (χ3n) is 3.52. The van der Waals surface area contributed by atoms with E-state index in [4.69, 9.17) is 0 Å². The standard InChI is InChI=1S/C15H19NO3S/c1-4-16-13(11-7-5-10(2)6-8-11)14(15(16)18)20-9-12(17)19-3/h5-8,13-14H,4,9H2,1-3H3. The maximum atomic E-state index is 12.1. The Morgan fingerprint density at radius 2 is 2.00 bits per heavy atom. The number of benzene rings is 1. The third kappa shape index (κ3) is 2.82. The molecule has 1 aliphatic rings. The van der Waals surface area contributed by atoms with Gasteiger partial charge in [0.05, 0.1) is 18.9 Å². The summed E-state index contributed by atoms with van der Waals surface area (Å²) in [5.74, 6) is 0.0275. The minimum Gasteiger partial charge on any atom is -0.468 e. The summed E-state index contributed by atoms with van der Waals surface area (Å²) in [5, 5.41) is -0.184. The minimum atomic E-state index is -0.291. The highest BCUT2D eigenvalue weighted by Crippen LogP contribution is 2.41. The normalized spacial score (nSPS) is 21.6. The Kier molecular flexibility index (Phi) is 4.70. The van der Waals surface area contributed by atoms with Gasteiger partial charge in [0, 0.05) is 6.54 Å². The van der Waals surface area contributed by atoms with Crippen molar-refractivity contribution in [2.45, 2.75) is 25.1 Å². The van der Waals surface area contributed by atoms with Crippen molar-refractivity contribution in [1.29, 1.82) is 0 Å². The molecule has 1 heterocycles. The van der Waals surface area contributed by atoms with Crippen molar-refractivity contribution in [3.63, 3.8) is 0 Å². The van der Waals surface area contributed by atoms with E-state index in [1.165, 1.54) is 24.4 Å². The lowest BCUT2D eigenvalue weighted by Gasteiger charge is -2.46. The van der Waals surface area contributed by atoms with Crippen LogP contribution in [0.5, 0.6) is 0 Å². The first-order chi connectivity index (χ1) is 9.58. The highest BCUT2D eigenvalue weighted by molar-refractivity contribution is 8.01. The van der Waals surface area contributed by atoms with Crippen molar-refractivity contribution in [3.8, 4) is 0 Å². The van der Waals surface area contributed by atoms with Crippen LogP contribution in [-0.2, 0) is 14.3 Å². The molecule has 108 valence electrons. The number of methoxy groups -OCH3 is 1. The number of carbonyl (C=O) groups is 2. The summed E-state index contributed by atoms with van der Waals surface area (Å²) < 4.78 is 4.63. The quantitative estimate of drug-likeness (QED) is 0.616. The average Bonchev–Trinajstić information content (AvgIpc) is 2.46. The minimum absolute atomic E-state index is 0.0581. The number of nitrogens with zero attached hydrogens (tertiary/aromatic N) is 1. The molecule has 0 bridgehead atoms. The Labute approximate surface area is 123 Å². The predicted molar refractivity (Wildman–Crippen MR) is 79.6 cm³/mol. The molecule has 1 aromatic carbocycles. The van der Waals surface area contributed by atoms with Crippen LogP contribution in [0.3, 0.4) is 0 Å². The molecule has 20 heavy (non-hydrogen) atoms. The number of rotatable bonds is 5. The van der Waals surface area contributed by atoms with Crippen LogP contribution in [-0.4, -0.2) is 41.4 Å². The number of likely N-dealkylation sites (tertiary alicyclic amines) is 1. The Balaban J connectivity index is 2.12. The van der Waals surface area contributed by atoms with Gasteiger partial charge >= 0.3 is 5.97 Å². The molecule has 1 amide bonds. The molecule has 1 aromatic rings. The summed E-state index contributed by atoms with van der Waals surface area (Å²) in [4.78, 5) is 25.2. The Morgan fingerprint density at radius 1 is 1.35 bits per heavy atom. The Hall–Kier alpha value is -1.49. The van der Waals surface area contributed by atoms with Gasteiger partial charge in [-0.25, -0.2) is 0 Å². The Morgan fingerprint density at radius 3 is 2.55 bits per heavy atom. The molecule has 1 fully saturated rings. The second-order valence-corrected chi connectivity index (χ2v) is 5.92. The number of hydrogen-bond acceptors (Lipinski definition) is 4. The van der Waals surface area contributed by atoms with Crippen LogP contribution < -0.4 is 0 Å². The lowest BCUT2D eigenvalue weighted by Crippen LogP contribution is -2.57. The fraction of sp³-hybridized carbons (Fsp3) is 0.467. The second-order valence-electron chi connectivity index (χ2n) is 4.79. The van der Waals surface area contributed by atoms with E-state index >= 15 is 0 Å². The van der Waals surface area contributed by atoms with E-state index in [2.05, 4.69) is 16.9 Å². The summed E-state index contributed by atoms with van der Waals surface area (Å²) in [6.07, 6.45) is 0. The van der Waals surface area contributed by atoms with Gasteiger partial charge in [-0.05, 0) is 19.4 Å². The van der Waals surface area contributed by atoms with Crippen LogP contribution in [0.4, 0.5) is 0 Å². The molecule has 5 heteroatoms. The van der Waals surface area contributed by atoms with Crippen LogP contribution >= 0.6 is 11.8 Å². The summed E-state index contributed by atoms with van der Waals surface area (Å²) in [6.45, 7) is 4.70. The van der Waals surface area contributed by atoms with Gasteiger partial charge in [-0.15, -0.1) is 11.8 Å². The van der Waals surface area contributed by atoms with Crippen LogP contribution in [0.1, 0.15) is 24.1 Å². The highest BCUT2D eigenvalue weighted by Gasteiger charge is 2.47. The molecule has 0 spiro atoms. The molecule has 2 atom stereocenters. The SMILES string of the molecule is CCN1C(=O)C(SCC(=O)OC)C1c1ccc(C)cc1. The molecular weight excluding hydrogens is 274 g/mol. The molecule has 2 rings (SSSR count). The molecule has 2 unspecified atom stereocenters. The first-order valence-corrected chi connectivity index (χ1v) is 7.68. The lowest BCUT2D eigenvalue weighted by molar-refractivity contribution is -0.144. The van der Waals surface area contributed by atoms with E-state index < -0.39 is 0 Å². The monoisotopic (exact) mass is 293 g/mol. The summed E-state index contributed by atoms with van der Waals surface area (Å²) in [7, 11) is 1.36. The van der Waals surface area contributed by atoms with Crippen LogP contribution in [0.25, 0.3) is 0 Å². The number of esters is 1. The van der Waals surface area contributed by atoms with Crippen molar-refractivity contribution < 1.29 is 14.3 Å². The van der Waals surface area contributed by atoms with E-state index in [9.17, 15) is 9.59 Å². The van der Waals surface area contributed by atoms with E-state index in [1.54, 1.807) is 0 Å². The maximum Gasteiger partial charge on any atom is 0.315 e. The van der Waals surface area contributed by atoms with Crippen molar-refractivity contribution in [3.05, 3.63) is 35.4 Å². The van der Waals surface area contributed by atoms with E-state index in [-0.39, 0.29) is 28.9 Å². The highest BCUT2D eigenvalue weighted by atomic mass is 32.2. The lowest BCUT2D eigenvalue weighted by atomic mass is 9.93. The van der Waals surface area contributed by atoms with Gasteiger partial charge in [0.15, 0.2) is 0 Å².